The third-order valence-corrected chi connectivity index (χ3v) is 5.63. The molecule has 1 aromatic carbocycles. The van der Waals surface area contributed by atoms with Gasteiger partial charge in [0.25, 0.3) is 0 Å². The van der Waals surface area contributed by atoms with Crippen molar-refractivity contribution in [3.05, 3.63) is 47.3 Å². The average molecular weight is 437 g/mol. The molecule has 0 aliphatic heterocycles. The van der Waals surface area contributed by atoms with Crippen LogP contribution in [0.2, 0.25) is 0 Å². The summed E-state index contributed by atoms with van der Waals surface area (Å²) in [6.45, 7) is 16.7. The Morgan fingerprint density at radius 2 is 1.75 bits per heavy atom. The summed E-state index contributed by atoms with van der Waals surface area (Å²) in [7, 11) is 0. The number of nitrogens with zero attached hydrogens (tertiary/aromatic N) is 4. The maximum atomic E-state index is 13.1. The molecule has 0 fully saturated rings. The van der Waals surface area contributed by atoms with Gasteiger partial charge in [-0.1, -0.05) is 27.7 Å². The Bertz CT molecular complexity index is 1070. The normalized spacial score (nSPS) is 11.7. The lowest BCUT2D eigenvalue weighted by Crippen LogP contribution is -2.31. The van der Waals surface area contributed by atoms with Crippen LogP contribution >= 0.6 is 0 Å². The summed E-state index contributed by atoms with van der Waals surface area (Å²) < 4.78 is 7.67. The van der Waals surface area contributed by atoms with Crippen LogP contribution in [0.3, 0.4) is 0 Å². The third kappa shape index (κ3) is 4.95. The Hall–Kier alpha value is -2.89. The minimum Gasteiger partial charge on any atom is -0.494 e. The number of ether oxygens (including phenoxy) is 1. The first-order chi connectivity index (χ1) is 15.2. The Labute approximate surface area is 191 Å². The summed E-state index contributed by atoms with van der Waals surface area (Å²) in [6.07, 6.45) is 1.24. The molecule has 0 saturated heterocycles. The van der Waals surface area contributed by atoms with Crippen molar-refractivity contribution in [2.24, 2.45) is 0 Å². The van der Waals surface area contributed by atoms with Gasteiger partial charge in [-0.3, -0.25) is 4.79 Å². The van der Waals surface area contributed by atoms with Crippen molar-refractivity contribution in [3.8, 4) is 17.0 Å². The largest absolute Gasteiger partial charge is 0.494 e. The number of hydrogen-bond donors (Lipinski definition) is 0. The number of hydrogen-bond acceptors (Lipinski definition) is 4. The number of benzene rings is 1. The number of likely N-dealkylation sites (N-methyl/N-ethyl adjacent to an activating group) is 1. The molecule has 6 heteroatoms. The number of carbonyl (C=O) groups is 1. The van der Waals surface area contributed by atoms with E-state index in [2.05, 4.69) is 33.8 Å². The summed E-state index contributed by atoms with van der Waals surface area (Å²) in [5.41, 5.74) is 5.28. The van der Waals surface area contributed by atoms with E-state index in [-0.39, 0.29) is 17.7 Å². The van der Waals surface area contributed by atoms with Gasteiger partial charge in [-0.25, -0.2) is 9.50 Å². The lowest BCUT2D eigenvalue weighted by molar-refractivity contribution is -0.130. The number of fused-ring (bicyclic) bond motifs is 1. The van der Waals surface area contributed by atoms with Crippen LogP contribution in [0, 0.1) is 6.92 Å². The van der Waals surface area contributed by atoms with Crippen molar-refractivity contribution in [1.82, 2.24) is 19.5 Å². The molecule has 0 atom stereocenters. The van der Waals surface area contributed by atoms with Crippen LogP contribution in [-0.2, 0) is 16.6 Å². The highest BCUT2D eigenvalue weighted by atomic mass is 16.5. The van der Waals surface area contributed by atoms with Gasteiger partial charge in [-0.15, -0.1) is 0 Å². The first kappa shape index (κ1) is 23.8. The van der Waals surface area contributed by atoms with Gasteiger partial charge in [-0.05, 0) is 57.5 Å². The zero-order chi connectivity index (χ0) is 23.5. The highest BCUT2D eigenvalue weighted by Gasteiger charge is 2.26. The maximum absolute atomic E-state index is 13.1. The number of rotatable bonds is 8. The Kier molecular flexibility index (Phi) is 7.22. The van der Waals surface area contributed by atoms with Gasteiger partial charge in [-0.2, -0.15) is 5.10 Å². The van der Waals surface area contributed by atoms with Crippen LogP contribution in [0.25, 0.3) is 16.9 Å². The average Bonchev–Trinajstić information content (AvgIpc) is 3.10. The molecule has 0 saturated carbocycles. The van der Waals surface area contributed by atoms with Crippen LogP contribution in [0.15, 0.2) is 30.3 Å². The number of aryl methyl sites for hydroxylation is 1. The molecule has 0 N–H and O–H groups in total. The van der Waals surface area contributed by atoms with E-state index in [9.17, 15) is 4.79 Å². The number of aromatic nitrogens is 3. The fraction of sp³-hybridized carbons (Fsp3) is 0.500. The van der Waals surface area contributed by atoms with Crippen molar-refractivity contribution < 1.29 is 9.53 Å². The van der Waals surface area contributed by atoms with Gasteiger partial charge in [0.1, 0.15) is 5.75 Å². The van der Waals surface area contributed by atoms with Crippen LogP contribution in [-0.4, -0.2) is 45.1 Å². The van der Waals surface area contributed by atoms with Crippen LogP contribution in [0.4, 0.5) is 0 Å². The second-order valence-corrected chi connectivity index (χ2v) is 9.21. The van der Waals surface area contributed by atoms with Gasteiger partial charge in [0.15, 0.2) is 5.65 Å². The fourth-order valence-corrected chi connectivity index (χ4v) is 3.88. The summed E-state index contributed by atoms with van der Waals surface area (Å²) in [6, 6.07) is 10.0. The van der Waals surface area contributed by atoms with Crippen molar-refractivity contribution in [1.29, 1.82) is 0 Å². The molecule has 0 radical (unpaired) electrons. The van der Waals surface area contributed by atoms with E-state index in [0.717, 1.165) is 46.0 Å². The van der Waals surface area contributed by atoms with E-state index >= 15 is 0 Å². The monoisotopic (exact) mass is 436 g/mol. The Morgan fingerprint density at radius 1 is 1.09 bits per heavy atom. The zero-order valence-corrected chi connectivity index (χ0v) is 20.5. The second kappa shape index (κ2) is 9.72. The van der Waals surface area contributed by atoms with E-state index < -0.39 is 0 Å². The van der Waals surface area contributed by atoms with Gasteiger partial charge in [0.2, 0.25) is 5.91 Å². The van der Waals surface area contributed by atoms with Crippen LogP contribution in [0.5, 0.6) is 5.75 Å². The molecule has 3 aromatic rings. The first-order valence-corrected chi connectivity index (χ1v) is 11.6. The second-order valence-electron chi connectivity index (χ2n) is 9.21. The molecular formula is C26H36N4O2. The minimum atomic E-state index is -0.118. The van der Waals surface area contributed by atoms with Gasteiger partial charge >= 0.3 is 0 Å². The molecule has 0 bridgehead atoms. The molecule has 0 aliphatic rings. The molecule has 1 amide bonds. The molecule has 0 unspecified atom stereocenters. The van der Waals surface area contributed by atoms with E-state index in [0.29, 0.717) is 19.7 Å². The molecule has 3 rings (SSSR count). The van der Waals surface area contributed by atoms with Crippen LogP contribution in [0.1, 0.15) is 64.9 Å². The summed E-state index contributed by atoms with van der Waals surface area (Å²) in [5.74, 6) is 0.930. The Morgan fingerprint density at radius 3 is 2.31 bits per heavy atom. The third-order valence-electron chi connectivity index (χ3n) is 5.63. The van der Waals surface area contributed by atoms with Gasteiger partial charge in [0.05, 0.1) is 24.4 Å². The van der Waals surface area contributed by atoms with Gasteiger partial charge < -0.3 is 9.64 Å². The molecule has 2 heterocycles. The topological polar surface area (TPSA) is 59.7 Å². The smallest absolute Gasteiger partial charge is 0.227 e. The van der Waals surface area contributed by atoms with Crippen molar-refractivity contribution in [3.63, 3.8) is 0 Å². The number of carbonyl (C=O) groups excluding carboxylic acids is 1. The van der Waals surface area contributed by atoms with E-state index in [1.807, 2.05) is 54.5 Å². The molecule has 0 aliphatic carbocycles. The standard InChI is InChI=1S/C26H36N4O2/c1-8-15-32-20-13-11-19(12-14-20)24-21(17-23(31)29(9-2)10-3)25-27-18(4)16-22(26(5,6)7)30(25)28-24/h11-14,16H,8-10,15,17H2,1-7H3. The SMILES string of the molecule is CCCOc1ccc(-c2nn3c(C(C)(C)C)cc(C)nc3c2CC(=O)N(CC)CC)cc1. The summed E-state index contributed by atoms with van der Waals surface area (Å²) in [4.78, 5) is 19.8. The van der Waals surface area contributed by atoms with Crippen molar-refractivity contribution >= 4 is 11.6 Å². The zero-order valence-electron chi connectivity index (χ0n) is 20.5. The van der Waals surface area contributed by atoms with Crippen molar-refractivity contribution in [2.75, 3.05) is 19.7 Å². The summed E-state index contributed by atoms with van der Waals surface area (Å²) >= 11 is 0. The predicted molar refractivity (Wildman–Crippen MR) is 129 cm³/mol. The molecule has 0 spiro atoms. The maximum Gasteiger partial charge on any atom is 0.227 e. The number of amides is 1. The van der Waals surface area contributed by atoms with E-state index in [1.165, 1.54) is 0 Å². The molecule has 32 heavy (non-hydrogen) atoms. The minimum absolute atomic E-state index is 0.0923. The predicted octanol–water partition coefficient (Wildman–Crippen LogP) is 5.20. The summed E-state index contributed by atoms with van der Waals surface area (Å²) in [5, 5.41) is 4.99. The van der Waals surface area contributed by atoms with E-state index in [4.69, 9.17) is 14.8 Å². The Balaban J connectivity index is 2.18. The lowest BCUT2D eigenvalue weighted by Gasteiger charge is -2.20. The highest BCUT2D eigenvalue weighted by Crippen LogP contribution is 2.31. The quantitative estimate of drug-likeness (QED) is 0.487. The van der Waals surface area contributed by atoms with Crippen molar-refractivity contribution in [2.45, 2.75) is 66.7 Å². The molecule has 172 valence electrons. The lowest BCUT2D eigenvalue weighted by atomic mass is 9.91. The molecule has 2 aromatic heterocycles. The highest BCUT2D eigenvalue weighted by molar-refractivity contribution is 5.84. The first-order valence-electron chi connectivity index (χ1n) is 11.6. The molecule has 6 nitrogen and oxygen atoms in total. The van der Waals surface area contributed by atoms with Gasteiger partial charge in [0, 0.05) is 35.3 Å². The fourth-order valence-electron chi connectivity index (χ4n) is 3.88. The van der Waals surface area contributed by atoms with E-state index in [1.54, 1.807) is 0 Å². The van der Waals surface area contributed by atoms with Crippen LogP contribution < -0.4 is 4.74 Å². The molecular weight excluding hydrogens is 400 g/mol.